The van der Waals surface area contributed by atoms with Crippen LogP contribution in [0.2, 0.25) is 0 Å². The van der Waals surface area contributed by atoms with Crippen LogP contribution in [0.25, 0.3) is 5.57 Å². The third-order valence-corrected chi connectivity index (χ3v) is 5.57. The lowest BCUT2D eigenvalue weighted by molar-refractivity contribution is 0.568. The molecule has 138 valence electrons. The second kappa shape index (κ2) is 6.41. The first-order valence-electron chi connectivity index (χ1n) is 9.96. The Morgan fingerprint density at radius 1 is 0.808 bits per heavy atom. The molecule has 0 amide bonds. The van der Waals surface area contributed by atoms with E-state index in [1.54, 1.807) is 0 Å². The molecule has 0 nitrogen and oxygen atoms in total. The van der Waals surface area contributed by atoms with E-state index in [0.29, 0.717) is 5.92 Å². The van der Waals surface area contributed by atoms with Crippen LogP contribution < -0.4 is 0 Å². The maximum Gasteiger partial charge on any atom is -0.00820 e. The fraction of sp³-hybridized carbons (Fsp3) is 0.462. The molecule has 1 aromatic carbocycles. The quantitative estimate of drug-likeness (QED) is 0.519. The highest BCUT2D eigenvalue weighted by atomic mass is 14.3. The van der Waals surface area contributed by atoms with E-state index < -0.39 is 0 Å². The SMILES string of the molecule is CC(C)C1=CC2=C(c3cc(C(C)(C)C)cc(C(C)(C)C)c3)CC=CC2=C1. The molecule has 0 fully saturated rings. The molecule has 3 rings (SSSR count). The van der Waals surface area contributed by atoms with E-state index >= 15 is 0 Å². The lowest BCUT2D eigenvalue weighted by Gasteiger charge is -2.27. The first-order chi connectivity index (χ1) is 12.0. The predicted molar refractivity (Wildman–Crippen MR) is 116 cm³/mol. The van der Waals surface area contributed by atoms with Gasteiger partial charge in [-0.15, -0.1) is 0 Å². The standard InChI is InChI=1S/C26H34/c1-17(2)19-12-18-10-9-11-23(24(18)15-19)20-13-21(25(3,4)5)16-22(14-20)26(6,7)8/h9-10,12-17H,11H2,1-8H3. The molecule has 0 saturated heterocycles. The van der Waals surface area contributed by atoms with Crippen molar-refractivity contribution in [2.45, 2.75) is 72.6 Å². The molecule has 1 aromatic rings. The molecular weight excluding hydrogens is 312 g/mol. The summed E-state index contributed by atoms with van der Waals surface area (Å²) in [5.41, 5.74) is 10.3. The number of hydrogen-bond donors (Lipinski definition) is 0. The minimum absolute atomic E-state index is 0.152. The van der Waals surface area contributed by atoms with Crippen LogP contribution in [0.3, 0.4) is 0 Å². The van der Waals surface area contributed by atoms with Crippen molar-refractivity contribution in [2.75, 3.05) is 0 Å². The summed E-state index contributed by atoms with van der Waals surface area (Å²) in [5, 5.41) is 0. The molecule has 0 radical (unpaired) electrons. The zero-order valence-corrected chi connectivity index (χ0v) is 17.8. The Hall–Kier alpha value is -1.82. The molecule has 2 aliphatic rings. The van der Waals surface area contributed by atoms with Crippen LogP contribution in [0.1, 0.15) is 78.5 Å². The summed E-state index contributed by atoms with van der Waals surface area (Å²) in [7, 11) is 0. The van der Waals surface area contributed by atoms with Crippen LogP contribution >= 0.6 is 0 Å². The van der Waals surface area contributed by atoms with Gasteiger partial charge in [0.25, 0.3) is 0 Å². The van der Waals surface area contributed by atoms with Crippen LogP contribution in [0.5, 0.6) is 0 Å². The Balaban J connectivity index is 2.20. The third-order valence-electron chi connectivity index (χ3n) is 5.57. The molecule has 0 N–H and O–H groups in total. The van der Waals surface area contributed by atoms with E-state index in [0.717, 1.165) is 6.42 Å². The number of hydrogen-bond acceptors (Lipinski definition) is 0. The van der Waals surface area contributed by atoms with Crippen molar-refractivity contribution >= 4 is 5.57 Å². The van der Waals surface area contributed by atoms with Crippen molar-refractivity contribution in [3.05, 3.63) is 75.9 Å². The Morgan fingerprint density at radius 2 is 1.38 bits per heavy atom. The molecule has 0 heterocycles. The number of benzene rings is 1. The minimum Gasteiger partial charge on any atom is -0.0795 e. The molecular formula is C26H34. The Bertz CT molecular complexity index is 805. The second-order valence-electron chi connectivity index (χ2n) is 10.2. The van der Waals surface area contributed by atoms with E-state index in [1.165, 1.54) is 39.0 Å². The molecule has 0 atom stereocenters. The van der Waals surface area contributed by atoms with Gasteiger partial charge < -0.3 is 0 Å². The first kappa shape index (κ1) is 19.0. The van der Waals surface area contributed by atoms with Crippen LogP contribution in [0.4, 0.5) is 0 Å². The summed E-state index contributed by atoms with van der Waals surface area (Å²) >= 11 is 0. The van der Waals surface area contributed by atoms with Gasteiger partial charge in [-0.3, -0.25) is 0 Å². The lowest BCUT2D eigenvalue weighted by Crippen LogP contribution is -2.17. The van der Waals surface area contributed by atoms with Gasteiger partial charge in [0.05, 0.1) is 0 Å². The van der Waals surface area contributed by atoms with Crippen molar-refractivity contribution in [2.24, 2.45) is 5.92 Å². The highest BCUT2D eigenvalue weighted by Crippen LogP contribution is 2.41. The van der Waals surface area contributed by atoms with Crippen molar-refractivity contribution < 1.29 is 0 Å². The van der Waals surface area contributed by atoms with Crippen LogP contribution in [-0.4, -0.2) is 0 Å². The van der Waals surface area contributed by atoms with Gasteiger partial charge >= 0.3 is 0 Å². The van der Waals surface area contributed by atoms with Gasteiger partial charge in [-0.25, -0.2) is 0 Å². The molecule has 0 unspecified atom stereocenters. The van der Waals surface area contributed by atoms with E-state index in [2.05, 4.69) is 97.9 Å². The average molecular weight is 347 g/mol. The van der Waals surface area contributed by atoms with Crippen molar-refractivity contribution in [3.63, 3.8) is 0 Å². The summed E-state index contributed by atoms with van der Waals surface area (Å²) in [6, 6.07) is 7.26. The Labute approximate surface area is 160 Å². The van der Waals surface area contributed by atoms with E-state index in [4.69, 9.17) is 0 Å². The maximum absolute atomic E-state index is 2.43. The summed E-state index contributed by atoms with van der Waals surface area (Å²) in [5.74, 6) is 0.571. The lowest BCUT2D eigenvalue weighted by atomic mass is 9.77. The second-order valence-corrected chi connectivity index (χ2v) is 10.2. The highest BCUT2D eigenvalue weighted by Gasteiger charge is 2.24. The fourth-order valence-corrected chi connectivity index (χ4v) is 3.64. The molecule has 0 heteroatoms. The van der Waals surface area contributed by atoms with Gasteiger partial charge in [0.1, 0.15) is 0 Å². The Morgan fingerprint density at radius 3 is 1.88 bits per heavy atom. The van der Waals surface area contributed by atoms with Gasteiger partial charge in [0.2, 0.25) is 0 Å². The van der Waals surface area contributed by atoms with Gasteiger partial charge in [-0.1, -0.05) is 97.9 Å². The Kier molecular flexibility index (Phi) is 4.67. The van der Waals surface area contributed by atoms with Gasteiger partial charge in [-0.05, 0) is 62.2 Å². The van der Waals surface area contributed by atoms with E-state index in [1.807, 2.05) is 0 Å². The highest BCUT2D eigenvalue weighted by molar-refractivity contribution is 5.82. The zero-order valence-electron chi connectivity index (χ0n) is 17.8. The van der Waals surface area contributed by atoms with Crippen molar-refractivity contribution in [1.82, 2.24) is 0 Å². The van der Waals surface area contributed by atoms with Gasteiger partial charge in [0.15, 0.2) is 0 Å². The first-order valence-corrected chi connectivity index (χ1v) is 9.96. The molecule has 26 heavy (non-hydrogen) atoms. The molecule has 0 spiro atoms. The number of rotatable bonds is 2. The average Bonchev–Trinajstić information content (AvgIpc) is 2.97. The van der Waals surface area contributed by atoms with Crippen LogP contribution in [0.15, 0.2) is 59.2 Å². The van der Waals surface area contributed by atoms with E-state index in [-0.39, 0.29) is 10.8 Å². The van der Waals surface area contributed by atoms with Crippen molar-refractivity contribution in [1.29, 1.82) is 0 Å². The van der Waals surface area contributed by atoms with Crippen molar-refractivity contribution in [3.8, 4) is 0 Å². The summed E-state index contributed by atoms with van der Waals surface area (Å²) in [6.07, 6.45) is 10.4. The maximum atomic E-state index is 2.43. The normalized spacial score (nSPS) is 17.6. The largest absolute Gasteiger partial charge is 0.0795 e. The fourth-order valence-electron chi connectivity index (χ4n) is 3.64. The monoisotopic (exact) mass is 346 g/mol. The molecule has 2 aliphatic carbocycles. The van der Waals surface area contributed by atoms with Crippen LogP contribution in [0, 0.1) is 5.92 Å². The summed E-state index contributed by atoms with van der Waals surface area (Å²) < 4.78 is 0. The molecule has 0 saturated carbocycles. The van der Waals surface area contributed by atoms with E-state index in [9.17, 15) is 0 Å². The smallest absolute Gasteiger partial charge is 0.00820 e. The van der Waals surface area contributed by atoms with Crippen LogP contribution in [-0.2, 0) is 10.8 Å². The molecule has 0 aromatic heterocycles. The number of allylic oxidation sites excluding steroid dienone is 8. The zero-order chi connectivity index (χ0) is 19.3. The third kappa shape index (κ3) is 3.65. The van der Waals surface area contributed by atoms with Gasteiger partial charge in [-0.2, -0.15) is 0 Å². The minimum atomic E-state index is 0.152. The number of fused-ring (bicyclic) bond motifs is 1. The topological polar surface area (TPSA) is 0 Å². The summed E-state index contributed by atoms with van der Waals surface area (Å²) in [6.45, 7) is 18.4. The molecule has 0 bridgehead atoms. The summed E-state index contributed by atoms with van der Waals surface area (Å²) in [4.78, 5) is 0. The molecule has 0 aliphatic heterocycles. The predicted octanol–water partition coefficient (Wildman–Crippen LogP) is 7.52. The van der Waals surface area contributed by atoms with Gasteiger partial charge in [0, 0.05) is 0 Å².